The first-order valence-electron chi connectivity index (χ1n) is 7.04. The van der Waals surface area contributed by atoms with Crippen molar-refractivity contribution in [3.05, 3.63) is 30.1 Å². The summed E-state index contributed by atoms with van der Waals surface area (Å²) in [6.07, 6.45) is 1.78. The lowest BCUT2D eigenvalue weighted by Gasteiger charge is -2.35. The number of imidazole rings is 1. The van der Waals surface area contributed by atoms with Crippen molar-refractivity contribution in [2.75, 3.05) is 7.05 Å². The van der Waals surface area contributed by atoms with E-state index in [-0.39, 0.29) is 0 Å². The van der Waals surface area contributed by atoms with E-state index in [4.69, 9.17) is 4.74 Å². The van der Waals surface area contributed by atoms with Gasteiger partial charge in [0.25, 0.3) is 0 Å². The van der Waals surface area contributed by atoms with Crippen molar-refractivity contribution in [2.24, 2.45) is 0 Å². The first-order chi connectivity index (χ1) is 10.2. The zero-order valence-corrected chi connectivity index (χ0v) is 13.5. The van der Waals surface area contributed by atoms with Gasteiger partial charge in [-0.15, -0.1) is 0 Å². The van der Waals surface area contributed by atoms with E-state index in [0.29, 0.717) is 5.56 Å². The molecule has 6 heteroatoms. The number of fused-ring (bicyclic) bond motifs is 1. The van der Waals surface area contributed by atoms with Crippen molar-refractivity contribution in [1.82, 2.24) is 14.9 Å². The van der Waals surface area contributed by atoms with Gasteiger partial charge in [-0.05, 0) is 45.4 Å². The van der Waals surface area contributed by atoms with Crippen LogP contribution in [0, 0.1) is 0 Å². The second-order valence-corrected chi connectivity index (χ2v) is 6.44. The Hall–Kier alpha value is -2.37. The molecule has 0 radical (unpaired) electrons. The van der Waals surface area contributed by atoms with Gasteiger partial charge in [-0.25, -0.2) is 9.78 Å². The molecule has 1 unspecified atom stereocenters. The molecular formula is C16H21N3O3. The second-order valence-electron chi connectivity index (χ2n) is 6.44. The number of likely N-dealkylation sites (N-methyl/N-ethyl adjacent to an activating group) is 1. The van der Waals surface area contributed by atoms with E-state index >= 15 is 0 Å². The van der Waals surface area contributed by atoms with Gasteiger partial charge in [0, 0.05) is 7.05 Å². The fourth-order valence-electron chi connectivity index (χ4n) is 2.11. The molecule has 1 atom stereocenters. The topological polar surface area (TPSA) is 75.3 Å². The summed E-state index contributed by atoms with van der Waals surface area (Å²) in [6, 6.07) is 5.42. The number of hydrogen-bond acceptors (Lipinski definition) is 4. The van der Waals surface area contributed by atoms with E-state index in [0.717, 1.165) is 17.3 Å². The molecule has 0 aliphatic carbocycles. The summed E-state index contributed by atoms with van der Waals surface area (Å²) in [5.41, 5.74) is 0.553. The molecule has 0 saturated carbocycles. The van der Waals surface area contributed by atoms with Crippen LogP contribution in [0.3, 0.4) is 0 Å². The summed E-state index contributed by atoms with van der Waals surface area (Å²) >= 11 is 0. The molecule has 1 aromatic heterocycles. The Kier molecular flexibility index (Phi) is 3.96. The lowest BCUT2D eigenvalue weighted by molar-refractivity contribution is -0.117. The van der Waals surface area contributed by atoms with Crippen LogP contribution in [0.1, 0.15) is 33.3 Å². The van der Waals surface area contributed by atoms with Crippen molar-refractivity contribution in [2.45, 2.75) is 38.8 Å². The van der Waals surface area contributed by atoms with E-state index < -0.39 is 17.2 Å². The SMILES string of the molecule is CN(C(=O)OC(C)(C)C)C(C)(C=O)c1ccc2nc[nH]c2c1. The van der Waals surface area contributed by atoms with Gasteiger partial charge in [0.15, 0.2) is 0 Å². The van der Waals surface area contributed by atoms with Gasteiger partial charge >= 0.3 is 6.09 Å². The monoisotopic (exact) mass is 303 g/mol. The number of rotatable bonds is 3. The van der Waals surface area contributed by atoms with Crippen molar-refractivity contribution in [3.8, 4) is 0 Å². The number of benzene rings is 1. The smallest absolute Gasteiger partial charge is 0.411 e. The Labute approximate surface area is 129 Å². The van der Waals surface area contributed by atoms with Gasteiger partial charge in [-0.3, -0.25) is 4.90 Å². The summed E-state index contributed by atoms with van der Waals surface area (Å²) in [4.78, 5) is 32.5. The zero-order chi connectivity index (χ0) is 16.5. The van der Waals surface area contributed by atoms with Crippen LogP contribution in [-0.2, 0) is 15.1 Å². The number of aromatic amines is 1. The molecule has 0 saturated heterocycles. The third-order valence-electron chi connectivity index (χ3n) is 3.60. The number of carbonyl (C=O) groups excluding carboxylic acids is 2. The second kappa shape index (κ2) is 5.44. The Balaban J connectivity index is 2.38. The minimum Gasteiger partial charge on any atom is -0.444 e. The lowest BCUT2D eigenvalue weighted by Crippen LogP contribution is -2.48. The molecule has 0 aliphatic rings. The number of aldehydes is 1. The first kappa shape index (κ1) is 16.0. The maximum atomic E-state index is 12.3. The third kappa shape index (κ3) is 2.95. The van der Waals surface area contributed by atoms with Crippen molar-refractivity contribution < 1.29 is 14.3 Å². The number of nitrogens with one attached hydrogen (secondary N) is 1. The molecule has 0 aliphatic heterocycles. The molecular weight excluding hydrogens is 282 g/mol. The summed E-state index contributed by atoms with van der Waals surface area (Å²) in [5.74, 6) is 0. The van der Waals surface area contributed by atoms with E-state index in [1.165, 1.54) is 4.90 Å². The van der Waals surface area contributed by atoms with Crippen LogP contribution in [0.4, 0.5) is 4.79 Å². The summed E-state index contributed by atoms with van der Waals surface area (Å²) < 4.78 is 5.35. The van der Waals surface area contributed by atoms with Crippen LogP contribution in [0.5, 0.6) is 0 Å². The summed E-state index contributed by atoms with van der Waals surface area (Å²) in [5, 5.41) is 0. The van der Waals surface area contributed by atoms with Gasteiger partial charge in [0.05, 0.1) is 17.4 Å². The molecule has 22 heavy (non-hydrogen) atoms. The highest BCUT2D eigenvalue weighted by Crippen LogP contribution is 2.28. The largest absolute Gasteiger partial charge is 0.444 e. The minimum absolute atomic E-state index is 0.549. The molecule has 6 nitrogen and oxygen atoms in total. The number of hydrogen-bond donors (Lipinski definition) is 1. The molecule has 0 fully saturated rings. The van der Waals surface area contributed by atoms with E-state index in [1.54, 1.807) is 47.1 Å². The predicted molar refractivity (Wildman–Crippen MR) is 83.5 cm³/mol. The number of H-pyrrole nitrogens is 1. The highest BCUT2D eigenvalue weighted by molar-refractivity contribution is 5.81. The normalized spacial score (nSPS) is 14.4. The fourth-order valence-corrected chi connectivity index (χ4v) is 2.11. The number of nitrogens with zero attached hydrogens (tertiary/aromatic N) is 2. The fraction of sp³-hybridized carbons (Fsp3) is 0.438. The highest BCUT2D eigenvalue weighted by Gasteiger charge is 2.37. The molecule has 0 spiro atoms. The van der Waals surface area contributed by atoms with Crippen LogP contribution in [-0.4, -0.2) is 39.9 Å². The van der Waals surface area contributed by atoms with E-state index in [2.05, 4.69) is 9.97 Å². The molecule has 1 N–H and O–H groups in total. The van der Waals surface area contributed by atoms with Crippen LogP contribution in [0.15, 0.2) is 24.5 Å². The van der Waals surface area contributed by atoms with Crippen LogP contribution in [0.25, 0.3) is 11.0 Å². The van der Waals surface area contributed by atoms with Gasteiger partial charge in [0.1, 0.15) is 17.4 Å². The van der Waals surface area contributed by atoms with Crippen LogP contribution in [0.2, 0.25) is 0 Å². The Bertz CT molecular complexity index is 702. The number of aromatic nitrogens is 2. The average molecular weight is 303 g/mol. The molecule has 2 rings (SSSR count). The number of ether oxygens (including phenoxy) is 1. The van der Waals surface area contributed by atoms with Crippen molar-refractivity contribution in [3.63, 3.8) is 0 Å². The first-order valence-corrected chi connectivity index (χ1v) is 7.04. The maximum absolute atomic E-state index is 12.3. The summed E-state index contributed by atoms with van der Waals surface area (Å²) in [7, 11) is 1.56. The van der Waals surface area contributed by atoms with Crippen LogP contribution >= 0.6 is 0 Å². The van der Waals surface area contributed by atoms with Gasteiger partial charge in [0.2, 0.25) is 0 Å². The quantitative estimate of drug-likeness (QED) is 0.885. The predicted octanol–water partition coefficient (Wildman–Crippen LogP) is 2.84. The Morgan fingerprint density at radius 2 is 2.00 bits per heavy atom. The number of amides is 1. The minimum atomic E-state index is -1.12. The van der Waals surface area contributed by atoms with Gasteiger partial charge < -0.3 is 14.5 Å². The maximum Gasteiger partial charge on any atom is 0.411 e. The van der Waals surface area contributed by atoms with Gasteiger partial charge in [-0.1, -0.05) is 6.07 Å². The molecule has 1 heterocycles. The Morgan fingerprint density at radius 3 is 2.59 bits per heavy atom. The van der Waals surface area contributed by atoms with Gasteiger partial charge in [-0.2, -0.15) is 0 Å². The van der Waals surface area contributed by atoms with Crippen molar-refractivity contribution >= 4 is 23.4 Å². The summed E-state index contributed by atoms with van der Waals surface area (Å²) in [6.45, 7) is 7.04. The van der Waals surface area contributed by atoms with E-state index in [9.17, 15) is 9.59 Å². The standard InChI is InChI=1S/C16H21N3O3/c1-15(2,3)22-14(21)19(5)16(4,9-20)11-6-7-12-13(8-11)18-10-17-12/h6-10H,1-5H3,(H,17,18). The molecule has 1 aromatic carbocycles. The van der Waals surface area contributed by atoms with E-state index in [1.807, 2.05) is 12.1 Å². The van der Waals surface area contributed by atoms with Crippen LogP contribution < -0.4 is 0 Å². The molecule has 2 aromatic rings. The average Bonchev–Trinajstić information content (AvgIpc) is 2.91. The lowest BCUT2D eigenvalue weighted by atomic mass is 9.92. The third-order valence-corrected chi connectivity index (χ3v) is 3.60. The molecule has 1 amide bonds. The highest BCUT2D eigenvalue weighted by atomic mass is 16.6. The zero-order valence-electron chi connectivity index (χ0n) is 13.5. The molecule has 118 valence electrons. The molecule has 0 bridgehead atoms. The number of carbonyl (C=O) groups is 2. The van der Waals surface area contributed by atoms with Crippen molar-refractivity contribution in [1.29, 1.82) is 0 Å². The Morgan fingerprint density at radius 1 is 1.32 bits per heavy atom.